The summed E-state index contributed by atoms with van der Waals surface area (Å²) in [5, 5.41) is 1.12. The summed E-state index contributed by atoms with van der Waals surface area (Å²) in [6, 6.07) is 7.45. The van der Waals surface area contributed by atoms with Gasteiger partial charge in [0.1, 0.15) is 5.75 Å². The zero-order valence-corrected chi connectivity index (χ0v) is 12.5. The Morgan fingerprint density at radius 3 is 2.75 bits per heavy atom. The Kier molecular flexibility index (Phi) is 5.65. The van der Waals surface area contributed by atoms with E-state index in [1.807, 2.05) is 24.4 Å². The van der Waals surface area contributed by atoms with Crippen LogP contribution in [0.2, 0.25) is 10.0 Å². The van der Waals surface area contributed by atoms with Crippen molar-refractivity contribution in [3.63, 3.8) is 0 Å². The molecule has 5 heteroatoms. The van der Waals surface area contributed by atoms with Gasteiger partial charge in [-0.15, -0.1) is 0 Å². The van der Waals surface area contributed by atoms with Gasteiger partial charge in [0.15, 0.2) is 0 Å². The molecule has 0 unspecified atom stereocenters. The molecule has 1 aromatic carbocycles. The molecule has 0 atom stereocenters. The molecule has 0 fully saturated rings. The van der Waals surface area contributed by atoms with E-state index in [0.717, 1.165) is 17.5 Å². The van der Waals surface area contributed by atoms with Crippen LogP contribution in [0.25, 0.3) is 0 Å². The summed E-state index contributed by atoms with van der Waals surface area (Å²) in [7, 11) is 0. The number of benzene rings is 1. The lowest BCUT2D eigenvalue weighted by Crippen LogP contribution is -2.08. The number of ether oxygens (including phenoxy) is 1. The zero-order chi connectivity index (χ0) is 14.4. The van der Waals surface area contributed by atoms with Gasteiger partial charge in [-0.2, -0.15) is 0 Å². The molecule has 2 rings (SSSR count). The van der Waals surface area contributed by atoms with Gasteiger partial charge in [-0.05, 0) is 42.3 Å². The van der Waals surface area contributed by atoms with Gasteiger partial charge in [-0.1, -0.05) is 29.3 Å². The molecule has 20 heavy (non-hydrogen) atoms. The minimum Gasteiger partial charge on any atom is -0.491 e. The molecule has 0 radical (unpaired) electrons. The van der Waals surface area contributed by atoms with E-state index in [1.54, 1.807) is 12.3 Å². The van der Waals surface area contributed by atoms with Gasteiger partial charge in [0.2, 0.25) is 0 Å². The van der Waals surface area contributed by atoms with E-state index in [1.165, 1.54) is 0 Å². The second-order valence-electron chi connectivity index (χ2n) is 4.37. The molecule has 2 N–H and O–H groups in total. The smallest absolute Gasteiger partial charge is 0.141 e. The Morgan fingerprint density at radius 1 is 1.20 bits per heavy atom. The van der Waals surface area contributed by atoms with Gasteiger partial charge in [-0.3, -0.25) is 4.98 Å². The molecule has 0 aliphatic carbocycles. The van der Waals surface area contributed by atoms with Gasteiger partial charge >= 0.3 is 0 Å². The lowest BCUT2D eigenvalue weighted by Gasteiger charge is -2.13. The summed E-state index contributed by atoms with van der Waals surface area (Å²) in [4.78, 5) is 4.07. The van der Waals surface area contributed by atoms with Crippen LogP contribution in [0.4, 0.5) is 0 Å². The van der Waals surface area contributed by atoms with E-state index in [2.05, 4.69) is 4.98 Å². The topological polar surface area (TPSA) is 48.1 Å². The zero-order valence-electron chi connectivity index (χ0n) is 11.0. The first-order valence-corrected chi connectivity index (χ1v) is 7.16. The Balaban J connectivity index is 2.05. The van der Waals surface area contributed by atoms with E-state index in [4.69, 9.17) is 33.7 Å². The third kappa shape index (κ3) is 4.10. The largest absolute Gasteiger partial charge is 0.491 e. The van der Waals surface area contributed by atoms with Gasteiger partial charge < -0.3 is 10.5 Å². The molecule has 0 bridgehead atoms. The molecule has 0 spiro atoms. The van der Waals surface area contributed by atoms with Crippen molar-refractivity contribution in [3.8, 4) is 5.75 Å². The van der Waals surface area contributed by atoms with Crippen molar-refractivity contribution in [2.45, 2.75) is 12.8 Å². The lowest BCUT2D eigenvalue weighted by atomic mass is 10.1. The molecular formula is C15H16Cl2N2O. The fraction of sp³-hybridized carbons (Fsp3) is 0.267. The Hall–Kier alpha value is -1.29. The summed E-state index contributed by atoms with van der Waals surface area (Å²) in [5.41, 5.74) is 7.66. The highest BCUT2D eigenvalue weighted by Crippen LogP contribution is 2.32. The molecule has 106 valence electrons. The van der Waals surface area contributed by atoms with E-state index in [0.29, 0.717) is 35.4 Å². The van der Waals surface area contributed by atoms with Crippen LogP contribution in [0, 0.1) is 0 Å². The van der Waals surface area contributed by atoms with E-state index in [-0.39, 0.29) is 0 Å². The molecule has 0 saturated heterocycles. The average molecular weight is 311 g/mol. The summed E-state index contributed by atoms with van der Waals surface area (Å²) < 4.78 is 5.81. The lowest BCUT2D eigenvalue weighted by molar-refractivity contribution is 0.318. The minimum atomic E-state index is 0.520. The molecule has 0 saturated carbocycles. The average Bonchev–Trinajstić information content (AvgIpc) is 2.43. The number of halogens is 2. The molecule has 3 nitrogen and oxygen atoms in total. The second-order valence-corrected chi connectivity index (χ2v) is 5.22. The number of nitrogens with zero attached hydrogens (tertiary/aromatic N) is 1. The first-order chi connectivity index (χ1) is 9.70. The van der Waals surface area contributed by atoms with Crippen molar-refractivity contribution < 1.29 is 4.74 Å². The minimum absolute atomic E-state index is 0.520. The van der Waals surface area contributed by atoms with Gasteiger partial charge in [0.05, 0.1) is 11.6 Å². The van der Waals surface area contributed by atoms with Crippen molar-refractivity contribution in [1.29, 1.82) is 0 Å². The summed E-state index contributed by atoms with van der Waals surface area (Å²) >= 11 is 12.2. The van der Waals surface area contributed by atoms with Crippen molar-refractivity contribution in [2.75, 3.05) is 13.2 Å². The predicted molar refractivity (Wildman–Crippen MR) is 82.7 cm³/mol. The quantitative estimate of drug-likeness (QED) is 0.888. The summed E-state index contributed by atoms with van der Waals surface area (Å²) in [6.45, 7) is 1.06. The normalized spacial score (nSPS) is 10.6. The monoisotopic (exact) mass is 310 g/mol. The predicted octanol–water partition coefficient (Wildman–Crippen LogP) is 3.51. The number of pyridine rings is 1. The molecular weight excluding hydrogens is 295 g/mol. The van der Waals surface area contributed by atoms with Crippen molar-refractivity contribution >= 4 is 23.2 Å². The Morgan fingerprint density at radius 2 is 2.05 bits per heavy atom. The van der Waals surface area contributed by atoms with Gasteiger partial charge in [-0.25, -0.2) is 0 Å². The number of aromatic nitrogens is 1. The van der Waals surface area contributed by atoms with Crippen LogP contribution in [-0.2, 0) is 12.8 Å². The highest BCUT2D eigenvalue weighted by molar-refractivity contribution is 6.35. The summed E-state index contributed by atoms with van der Waals surface area (Å²) in [6.07, 6.45) is 5.03. The van der Waals surface area contributed by atoms with Crippen LogP contribution in [-0.4, -0.2) is 18.1 Å². The van der Waals surface area contributed by atoms with Crippen molar-refractivity contribution in [2.24, 2.45) is 5.73 Å². The highest BCUT2D eigenvalue weighted by atomic mass is 35.5. The first kappa shape index (κ1) is 15.1. The Labute approximate surface area is 128 Å². The van der Waals surface area contributed by atoms with E-state index in [9.17, 15) is 0 Å². The standard InChI is InChI=1S/C15H16Cl2N2O/c16-13-8-12(3-5-18)15(14(17)9-13)20-7-4-11-2-1-6-19-10-11/h1-2,6,8-10H,3-5,7,18H2. The van der Waals surface area contributed by atoms with Gasteiger partial charge in [0, 0.05) is 23.8 Å². The van der Waals surface area contributed by atoms with Crippen LogP contribution in [0.1, 0.15) is 11.1 Å². The fourth-order valence-corrected chi connectivity index (χ4v) is 2.52. The van der Waals surface area contributed by atoms with Gasteiger partial charge in [0.25, 0.3) is 0 Å². The van der Waals surface area contributed by atoms with Crippen LogP contribution in [0.3, 0.4) is 0 Å². The van der Waals surface area contributed by atoms with Crippen LogP contribution < -0.4 is 10.5 Å². The first-order valence-electron chi connectivity index (χ1n) is 6.40. The maximum atomic E-state index is 6.19. The van der Waals surface area contributed by atoms with Crippen molar-refractivity contribution in [1.82, 2.24) is 4.98 Å². The number of hydrogen-bond donors (Lipinski definition) is 1. The van der Waals surface area contributed by atoms with Crippen LogP contribution in [0.5, 0.6) is 5.75 Å². The maximum Gasteiger partial charge on any atom is 0.141 e. The van der Waals surface area contributed by atoms with Crippen molar-refractivity contribution in [3.05, 3.63) is 57.8 Å². The highest BCUT2D eigenvalue weighted by Gasteiger charge is 2.10. The van der Waals surface area contributed by atoms with E-state index < -0.39 is 0 Å². The molecule has 1 heterocycles. The third-order valence-electron chi connectivity index (χ3n) is 2.86. The number of nitrogens with two attached hydrogens (primary N) is 1. The molecule has 0 aliphatic rings. The third-order valence-corrected chi connectivity index (χ3v) is 3.36. The molecule has 0 amide bonds. The van der Waals surface area contributed by atoms with Crippen LogP contribution >= 0.6 is 23.2 Å². The van der Waals surface area contributed by atoms with E-state index >= 15 is 0 Å². The molecule has 1 aromatic heterocycles. The maximum absolute atomic E-state index is 6.19. The fourth-order valence-electron chi connectivity index (χ4n) is 1.93. The number of hydrogen-bond acceptors (Lipinski definition) is 3. The second kappa shape index (κ2) is 7.48. The molecule has 0 aliphatic heterocycles. The SMILES string of the molecule is NCCc1cc(Cl)cc(Cl)c1OCCc1cccnc1. The Bertz CT molecular complexity index is 561. The summed E-state index contributed by atoms with van der Waals surface area (Å²) in [5.74, 6) is 0.672. The molecule has 2 aromatic rings. The number of rotatable bonds is 6. The van der Waals surface area contributed by atoms with Crippen LogP contribution in [0.15, 0.2) is 36.7 Å².